The molecule has 0 amide bonds. The van der Waals surface area contributed by atoms with Crippen LogP contribution in [-0.4, -0.2) is 13.1 Å². The molecule has 2 N–H and O–H groups in total. The smallest absolute Gasteiger partial charge is 0.338 e. The molecule has 1 atom stereocenters. The van der Waals surface area contributed by atoms with Crippen LogP contribution in [0.4, 0.5) is 0 Å². The van der Waals surface area contributed by atoms with Crippen LogP contribution in [0.3, 0.4) is 0 Å². The fraction of sp³-hybridized carbons (Fsp3) is 0.364. The third-order valence-corrected chi connectivity index (χ3v) is 2.72. The lowest BCUT2D eigenvalue weighted by atomic mass is 10.0. The zero-order valence-corrected chi connectivity index (χ0v) is 9.34. The number of methoxy groups -OCH3 is 1. The van der Waals surface area contributed by atoms with Crippen molar-refractivity contribution in [3.05, 3.63) is 34.9 Å². The first-order valence-electron chi connectivity index (χ1n) is 4.69. The van der Waals surface area contributed by atoms with E-state index in [0.717, 1.165) is 24.0 Å². The van der Waals surface area contributed by atoms with Gasteiger partial charge in [-0.1, -0.05) is 12.1 Å². The van der Waals surface area contributed by atoms with Crippen molar-refractivity contribution >= 4 is 18.4 Å². The van der Waals surface area contributed by atoms with Crippen LogP contribution in [0, 0.1) is 0 Å². The summed E-state index contributed by atoms with van der Waals surface area (Å²) in [4.78, 5) is 11.4. The van der Waals surface area contributed by atoms with Crippen LogP contribution in [0.25, 0.3) is 0 Å². The molecule has 0 bridgehead atoms. The Balaban J connectivity index is 0.00000112. The number of carbonyl (C=O) groups excluding carboxylic acids is 1. The Morgan fingerprint density at radius 3 is 2.93 bits per heavy atom. The Morgan fingerprint density at radius 2 is 2.27 bits per heavy atom. The minimum absolute atomic E-state index is 0. The van der Waals surface area contributed by atoms with Crippen molar-refractivity contribution in [1.29, 1.82) is 0 Å². The molecule has 1 aliphatic rings. The van der Waals surface area contributed by atoms with E-state index in [1.807, 2.05) is 12.1 Å². The van der Waals surface area contributed by atoms with Crippen LogP contribution in [0.1, 0.15) is 33.9 Å². The van der Waals surface area contributed by atoms with Crippen molar-refractivity contribution in [3.8, 4) is 0 Å². The van der Waals surface area contributed by atoms with E-state index in [4.69, 9.17) is 10.5 Å². The minimum atomic E-state index is -0.268. The second kappa shape index (κ2) is 4.64. The number of benzene rings is 1. The number of carbonyl (C=O) groups is 1. The quantitative estimate of drug-likeness (QED) is 0.745. The van der Waals surface area contributed by atoms with Gasteiger partial charge in [0.1, 0.15) is 0 Å². The Bertz CT molecular complexity index is 379. The van der Waals surface area contributed by atoms with E-state index in [2.05, 4.69) is 0 Å². The first-order valence-corrected chi connectivity index (χ1v) is 4.69. The lowest BCUT2D eigenvalue weighted by Crippen LogP contribution is -2.08. The monoisotopic (exact) mass is 227 g/mol. The molecular formula is C11H14ClNO2. The van der Waals surface area contributed by atoms with Gasteiger partial charge < -0.3 is 10.5 Å². The largest absolute Gasteiger partial charge is 0.465 e. The summed E-state index contributed by atoms with van der Waals surface area (Å²) in [6.45, 7) is 0. The summed E-state index contributed by atoms with van der Waals surface area (Å²) in [6.07, 6.45) is 1.80. The van der Waals surface area contributed by atoms with Crippen LogP contribution in [0.15, 0.2) is 18.2 Å². The van der Waals surface area contributed by atoms with Crippen LogP contribution < -0.4 is 5.73 Å². The van der Waals surface area contributed by atoms with E-state index in [1.54, 1.807) is 6.07 Å². The number of esters is 1. The van der Waals surface area contributed by atoms with Gasteiger partial charge in [0, 0.05) is 6.04 Å². The molecule has 0 fully saturated rings. The average molecular weight is 228 g/mol. The van der Waals surface area contributed by atoms with Gasteiger partial charge in [-0.2, -0.15) is 0 Å². The Morgan fingerprint density at radius 1 is 1.53 bits per heavy atom. The number of hydrogen-bond donors (Lipinski definition) is 1. The molecule has 15 heavy (non-hydrogen) atoms. The van der Waals surface area contributed by atoms with Gasteiger partial charge in [0.05, 0.1) is 12.7 Å². The Hall–Kier alpha value is -1.06. The Labute approximate surface area is 95.0 Å². The number of hydrogen-bond acceptors (Lipinski definition) is 3. The lowest BCUT2D eigenvalue weighted by Gasteiger charge is -2.07. The highest BCUT2D eigenvalue weighted by molar-refractivity contribution is 5.91. The van der Waals surface area contributed by atoms with E-state index in [-0.39, 0.29) is 24.4 Å². The number of rotatable bonds is 1. The molecular weight excluding hydrogens is 214 g/mol. The van der Waals surface area contributed by atoms with Crippen LogP contribution in [0.2, 0.25) is 0 Å². The minimum Gasteiger partial charge on any atom is -0.465 e. The number of nitrogens with two attached hydrogens (primary N) is 1. The summed E-state index contributed by atoms with van der Waals surface area (Å²) < 4.78 is 4.72. The number of halogens is 1. The van der Waals surface area contributed by atoms with Crippen molar-refractivity contribution in [2.75, 3.05) is 7.11 Å². The van der Waals surface area contributed by atoms with Gasteiger partial charge in [-0.25, -0.2) is 4.79 Å². The second-order valence-electron chi connectivity index (χ2n) is 3.51. The molecule has 0 unspecified atom stereocenters. The lowest BCUT2D eigenvalue weighted by molar-refractivity contribution is 0.0599. The van der Waals surface area contributed by atoms with Crippen molar-refractivity contribution in [2.24, 2.45) is 5.73 Å². The summed E-state index contributed by atoms with van der Waals surface area (Å²) in [6, 6.07) is 5.72. The third-order valence-electron chi connectivity index (χ3n) is 2.72. The first-order chi connectivity index (χ1) is 6.74. The first kappa shape index (κ1) is 12.0. The number of ether oxygens (including phenoxy) is 1. The zero-order valence-electron chi connectivity index (χ0n) is 8.53. The van der Waals surface area contributed by atoms with Gasteiger partial charge in [-0.15, -0.1) is 12.4 Å². The van der Waals surface area contributed by atoms with E-state index in [1.165, 1.54) is 7.11 Å². The van der Waals surface area contributed by atoms with Crippen LogP contribution in [0.5, 0.6) is 0 Å². The molecule has 1 aromatic carbocycles. The molecule has 0 aromatic heterocycles. The van der Waals surface area contributed by atoms with Gasteiger partial charge in [-0.3, -0.25) is 0 Å². The average Bonchev–Trinajstić information content (AvgIpc) is 2.59. The molecule has 82 valence electrons. The van der Waals surface area contributed by atoms with Gasteiger partial charge >= 0.3 is 5.97 Å². The topological polar surface area (TPSA) is 52.3 Å². The summed E-state index contributed by atoms with van der Waals surface area (Å²) >= 11 is 0. The maximum Gasteiger partial charge on any atom is 0.338 e. The molecule has 1 aromatic rings. The predicted molar refractivity (Wildman–Crippen MR) is 60.3 cm³/mol. The molecule has 0 radical (unpaired) electrons. The van der Waals surface area contributed by atoms with Crippen LogP contribution in [-0.2, 0) is 11.2 Å². The predicted octanol–water partition coefficient (Wildman–Crippen LogP) is 1.84. The van der Waals surface area contributed by atoms with Crippen molar-refractivity contribution in [2.45, 2.75) is 18.9 Å². The van der Waals surface area contributed by atoms with Crippen molar-refractivity contribution < 1.29 is 9.53 Å². The molecule has 0 saturated heterocycles. The molecule has 3 nitrogen and oxygen atoms in total. The van der Waals surface area contributed by atoms with E-state index in [9.17, 15) is 4.79 Å². The maximum absolute atomic E-state index is 11.4. The fourth-order valence-corrected chi connectivity index (χ4v) is 1.99. The highest BCUT2D eigenvalue weighted by Crippen LogP contribution is 2.31. The van der Waals surface area contributed by atoms with E-state index < -0.39 is 0 Å². The molecule has 4 heteroatoms. The summed E-state index contributed by atoms with van der Waals surface area (Å²) in [7, 11) is 1.40. The van der Waals surface area contributed by atoms with Gasteiger partial charge in [0.15, 0.2) is 0 Å². The summed E-state index contributed by atoms with van der Waals surface area (Å²) in [5.74, 6) is -0.268. The number of fused-ring (bicyclic) bond motifs is 1. The van der Waals surface area contributed by atoms with E-state index >= 15 is 0 Å². The summed E-state index contributed by atoms with van der Waals surface area (Å²) in [5.41, 5.74) is 8.72. The molecule has 1 aliphatic carbocycles. The normalized spacial score (nSPS) is 17.9. The SMILES string of the molecule is COC(=O)c1cccc2c1CC[C@@H]2N.Cl. The highest BCUT2D eigenvalue weighted by atomic mass is 35.5. The molecule has 0 spiro atoms. The highest BCUT2D eigenvalue weighted by Gasteiger charge is 2.23. The third kappa shape index (κ3) is 1.98. The fourth-order valence-electron chi connectivity index (χ4n) is 1.99. The molecule has 0 heterocycles. The second-order valence-corrected chi connectivity index (χ2v) is 3.51. The van der Waals surface area contributed by atoms with Gasteiger partial charge in [0.25, 0.3) is 0 Å². The summed E-state index contributed by atoms with van der Waals surface area (Å²) in [5, 5.41) is 0. The standard InChI is InChI=1S/C11H13NO2.ClH/c1-14-11(13)9-4-2-3-8-7(9)5-6-10(8)12;/h2-4,10H,5-6,12H2,1H3;1H/t10-;/m0./s1. The Kier molecular flexibility index (Phi) is 3.72. The molecule has 0 aliphatic heterocycles. The molecule has 0 saturated carbocycles. The van der Waals surface area contributed by atoms with E-state index in [0.29, 0.717) is 5.56 Å². The van der Waals surface area contributed by atoms with Crippen LogP contribution >= 0.6 is 12.4 Å². The maximum atomic E-state index is 11.4. The van der Waals surface area contributed by atoms with Crippen molar-refractivity contribution in [1.82, 2.24) is 0 Å². The van der Waals surface area contributed by atoms with Gasteiger partial charge in [0.2, 0.25) is 0 Å². The van der Waals surface area contributed by atoms with Gasteiger partial charge in [-0.05, 0) is 30.0 Å². The zero-order chi connectivity index (χ0) is 10.1. The molecule has 2 rings (SSSR count). The van der Waals surface area contributed by atoms with Crippen molar-refractivity contribution in [3.63, 3.8) is 0 Å².